The van der Waals surface area contributed by atoms with Gasteiger partial charge in [-0.3, -0.25) is 9.48 Å². The Morgan fingerprint density at radius 2 is 2.15 bits per heavy atom. The van der Waals surface area contributed by atoms with Gasteiger partial charge in [0.05, 0.1) is 29.4 Å². The van der Waals surface area contributed by atoms with Crippen molar-refractivity contribution in [1.82, 2.24) is 9.78 Å². The monoisotopic (exact) mass is 424 g/mol. The van der Waals surface area contributed by atoms with Gasteiger partial charge in [0.15, 0.2) is 0 Å². The molecule has 2 rings (SSSR count). The van der Waals surface area contributed by atoms with E-state index in [4.69, 9.17) is 27.9 Å². The summed E-state index contributed by atoms with van der Waals surface area (Å²) in [6, 6.07) is 5.15. The molecule has 20 heavy (non-hydrogen) atoms. The van der Waals surface area contributed by atoms with E-state index in [0.717, 1.165) is 3.57 Å². The summed E-state index contributed by atoms with van der Waals surface area (Å²) < 4.78 is 7.42. The summed E-state index contributed by atoms with van der Waals surface area (Å²) in [6.07, 6.45) is 1.46. The Kier molecular flexibility index (Phi) is 5.42. The molecule has 0 saturated heterocycles. The van der Waals surface area contributed by atoms with Gasteiger partial charge in [0.1, 0.15) is 5.69 Å². The molecule has 0 saturated carbocycles. The minimum atomic E-state index is -0.207. The summed E-state index contributed by atoms with van der Waals surface area (Å²) >= 11 is 14.2. The third-order valence-corrected chi connectivity index (χ3v) is 4.55. The molecule has 0 spiro atoms. The summed E-state index contributed by atoms with van der Waals surface area (Å²) in [4.78, 5) is 12.5. The van der Waals surface area contributed by atoms with E-state index >= 15 is 0 Å². The standard InChI is InChI=1S/C13H11Cl2IN2O2/c1-20-5-4-18-12(10(15)7-17-18)13(19)8-2-3-11(16)9(14)6-8/h2-3,6-7H,4-5H2,1H3. The first-order chi connectivity index (χ1) is 9.54. The molecule has 0 bridgehead atoms. The highest BCUT2D eigenvalue weighted by Gasteiger charge is 2.19. The fourth-order valence-electron chi connectivity index (χ4n) is 1.71. The minimum Gasteiger partial charge on any atom is -0.383 e. The minimum absolute atomic E-state index is 0.207. The van der Waals surface area contributed by atoms with Gasteiger partial charge >= 0.3 is 0 Å². The van der Waals surface area contributed by atoms with Crippen LogP contribution < -0.4 is 0 Å². The van der Waals surface area contributed by atoms with Crippen LogP contribution in [0.5, 0.6) is 0 Å². The smallest absolute Gasteiger partial charge is 0.212 e. The number of benzene rings is 1. The van der Waals surface area contributed by atoms with Crippen LogP contribution in [0.2, 0.25) is 10.0 Å². The first-order valence-corrected chi connectivity index (χ1v) is 7.58. The summed E-state index contributed by atoms with van der Waals surface area (Å²) in [5, 5.41) is 4.95. The highest BCUT2D eigenvalue weighted by Crippen LogP contribution is 2.24. The summed E-state index contributed by atoms with van der Waals surface area (Å²) in [5.74, 6) is -0.207. The fourth-order valence-corrected chi connectivity index (χ4v) is 2.45. The third kappa shape index (κ3) is 3.33. The van der Waals surface area contributed by atoms with Gasteiger partial charge in [-0.05, 0) is 40.8 Å². The van der Waals surface area contributed by atoms with Crippen LogP contribution in [0.4, 0.5) is 0 Å². The van der Waals surface area contributed by atoms with Gasteiger partial charge in [0.2, 0.25) is 5.78 Å². The Morgan fingerprint density at radius 1 is 1.40 bits per heavy atom. The zero-order valence-electron chi connectivity index (χ0n) is 10.6. The molecule has 0 amide bonds. The van der Waals surface area contributed by atoms with Crippen molar-refractivity contribution in [2.24, 2.45) is 0 Å². The van der Waals surface area contributed by atoms with Gasteiger partial charge in [-0.2, -0.15) is 5.10 Å². The van der Waals surface area contributed by atoms with Gasteiger partial charge < -0.3 is 4.74 Å². The number of halogens is 3. The number of hydrogen-bond acceptors (Lipinski definition) is 3. The maximum atomic E-state index is 12.5. The van der Waals surface area contributed by atoms with Crippen molar-refractivity contribution in [1.29, 1.82) is 0 Å². The van der Waals surface area contributed by atoms with Crippen LogP contribution in [-0.4, -0.2) is 29.3 Å². The predicted octanol–water partition coefficient (Wildman–Crippen LogP) is 3.67. The van der Waals surface area contributed by atoms with Gasteiger partial charge in [0, 0.05) is 16.2 Å². The molecule has 0 aliphatic rings. The summed E-state index contributed by atoms with van der Waals surface area (Å²) in [6.45, 7) is 0.911. The molecule has 0 atom stereocenters. The lowest BCUT2D eigenvalue weighted by atomic mass is 10.1. The van der Waals surface area contributed by atoms with Crippen LogP contribution >= 0.6 is 45.8 Å². The first kappa shape index (κ1) is 15.8. The highest BCUT2D eigenvalue weighted by molar-refractivity contribution is 14.1. The first-order valence-electron chi connectivity index (χ1n) is 5.74. The molecular weight excluding hydrogens is 414 g/mol. The topological polar surface area (TPSA) is 44.1 Å². The van der Waals surface area contributed by atoms with Gasteiger partial charge in [0.25, 0.3) is 0 Å². The van der Waals surface area contributed by atoms with E-state index in [0.29, 0.717) is 34.5 Å². The fraction of sp³-hybridized carbons (Fsp3) is 0.231. The highest BCUT2D eigenvalue weighted by atomic mass is 127. The molecule has 2 aromatic rings. The number of nitrogens with zero attached hydrogens (tertiary/aromatic N) is 2. The number of methoxy groups -OCH3 is 1. The van der Waals surface area contributed by atoms with Crippen molar-refractivity contribution in [3.63, 3.8) is 0 Å². The van der Waals surface area contributed by atoms with Crippen molar-refractivity contribution in [2.75, 3.05) is 13.7 Å². The van der Waals surface area contributed by atoms with Crippen molar-refractivity contribution >= 4 is 51.6 Å². The average molecular weight is 425 g/mol. The van der Waals surface area contributed by atoms with E-state index in [9.17, 15) is 4.79 Å². The van der Waals surface area contributed by atoms with E-state index in [-0.39, 0.29) is 5.78 Å². The van der Waals surface area contributed by atoms with E-state index < -0.39 is 0 Å². The normalized spacial score (nSPS) is 10.8. The zero-order chi connectivity index (χ0) is 14.7. The number of hydrogen-bond donors (Lipinski definition) is 0. The van der Waals surface area contributed by atoms with Crippen molar-refractivity contribution < 1.29 is 9.53 Å². The van der Waals surface area contributed by atoms with E-state index in [2.05, 4.69) is 27.7 Å². The Balaban J connectivity index is 2.37. The van der Waals surface area contributed by atoms with E-state index in [1.165, 1.54) is 6.20 Å². The van der Waals surface area contributed by atoms with Crippen LogP contribution in [0.15, 0.2) is 24.4 Å². The summed E-state index contributed by atoms with van der Waals surface area (Å²) in [7, 11) is 1.59. The van der Waals surface area contributed by atoms with Crippen LogP contribution in [0.1, 0.15) is 16.1 Å². The van der Waals surface area contributed by atoms with Crippen LogP contribution in [0.25, 0.3) is 0 Å². The second kappa shape index (κ2) is 6.89. The molecule has 106 valence electrons. The molecule has 0 unspecified atom stereocenters. The second-order valence-corrected chi connectivity index (χ2v) is 5.99. The van der Waals surface area contributed by atoms with Crippen molar-refractivity contribution in [2.45, 2.75) is 6.54 Å². The molecule has 4 nitrogen and oxygen atoms in total. The predicted molar refractivity (Wildman–Crippen MR) is 86.7 cm³/mol. The van der Waals surface area contributed by atoms with E-state index in [1.807, 2.05) is 0 Å². The lowest BCUT2D eigenvalue weighted by Crippen LogP contribution is -2.14. The lowest BCUT2D eigenvalue weighted by Gasteiger charge is -2.07. The third-order valence-electron chi connectivity index (χ3n) is 2.70. The average Bonchev–Trinajstić information content (AvgIpc) is 2.80. The molecule has 0 aliphatic carbocycles. The quantitative estimate of drug-likeness (QED) is 0.543. The Bertz CT molecular complexity index is 643. The molecule has 0 fully saturated rings. The number of ketones is 1. The molecular formula is C13H11Cl2IN2O2. The van der Waals surface area contributed by atoms with Gasteiger partial charge in [-0.15, -0.1) is 0 Å². The van der Waals surface area contributed by atoms with Crippen LogP contribution in [-0.2, 0) is 11.3 Å². The maximum Gasteiger partial charge on any atom is 0.212 e. The molecule has 1 heterocycles. The largest absolute Gasteiger partial charge is 0.383 e. The number of aromatic nitrogens is 2. The van der Waals surface area contributed by atoms with Gasteiger partial charge in [-0.25, -0.2) is 0 Å². The van der Waals surface area contributed by atoms with E-state index in [1.54, 1.807) is 30.0 Å². The Morgan fingerprint density at radius 3 is 2.80 bits per heavy atom. The SMILES string of the molecule is COCCn1ncc(Cl)c1C(=O)c1ccc(I)c(Cl)c1. The van der Waals surface area contributed by atoms with Crippen molar-refractivity contribution in [3.05, 3.63) is 49.3 Å². The number of carbonyl (C=O) groups is 1. The molecule has 7 heteroatoms. The van der Waals surface area contributed by atoms with Gasteiger partial charge in [-0.1, -0.05) is 23.2 Å². The Labute approximate surface area is 140 Å². The molecule has 0 aliphatic heterocycles. The molecule has 0 N–H and O–H groups in total. The zero-order valence-corrected chi connectivity index (χ0v) is 14.2. The number of carbonyl (C=O) groups excluding carboxylic acids is 1. The maximum absolute atomic E-state index is 12.5. The lowest BCUT2D eigenvalue weighted by molar-refractivity contribution is 0.102. The van der Waals surface area contributed by atoms with Crippen LogP contribution in [0, 0.1) is 3.57 Å². The molecule has 0 radical (unpaired) electrons. The number of rotatable bonds is 5. The second-order valence-electron chi connectivity index (χ2n) is 4.02. The van der Waals surface area contributed by atoms with Crippen molar-refractivity contribution in [3.8, 4) is 0 Å². The molecule has 1 aromatic carbocycles. The Hall–Kier alpha value is -0.630. The number of ether oxygens (including phenoxy) is 1. The molecule has 1 aromatic heterocycles. The van der Waals surface area contributed by atoms with Crippen LogP contribution in [0.3, 0.4) is 0 Å². The summed E-state index contributed by atoms with van der Waals surface area (Å²) in [5.41, 5.74) is 0.831.